The van der Waals surface area contributed by atoms with Gasteiger partial charge >= 0.3 is 0 Å². The minimum absolute atomic E-state index is 0.0633. The lowest BCUT2D eigenvalue weighted by Crippen LogP contribution is -2.31. The Morgan fingerprint density at radius 2 is 1.88 bits per heavy atom. The molecule has 0 aromatic heterocycles. The first-order chi connectivity index (χ1) is 8.08. The van der Waals surface area contributed by atoms with E-state index in [0.29, 0.717) is 12.3 Å². The van der Waals surface area contributed by atoms with E-state index in [2.05, 4.69) is 19.2 Å². The molecule has 1 aromatic rings. The predicted molar refractivity (Wildman–Crippen MR) is 69.0 cm³/mol. The maximum Gasteiger partial charge on any atom is 0.220 e. The Kier molecular flexibility index (Phi) is 5.01. The van der Waals surface area contributed by atoms with Crippen molar-refractivity contribution >= 4 is 5.91 Å². The number of hydrogen-bond acceptors (Lipinski definition) is 2. The molecule has 3 nitrogen and oxygen atoms in total. The summed E-state index contributed by atoms with van der Waals surface area (Å²) in [7, 11) is 1.65. The summed E-state index contributed by atoms with van der Waals surface area (Å²) in [6, 6.07) is 7.90. The van der Waals surface area contributed by atoms with E-state index in [9.17, 15) is 4.79 Å². The number of nitrogens with one attached hydrogen (secondary N) is 1. The molecule has 0 heterocycles. The largest absolute Gasteiger partial charge is 0.497 e. The number of ether oxygens (including phenoxy) is 1. The number of carbonyl (C=O) groups is 1. The summed E-state index contributed by atoms with van der Waals surface area (Å²) in [6.07, 6.45) is 0.513. The van der Waals surface area contributed by atoms with E-state index in [1.165, 1.54) is 0 Å². The number of carbonyl (C=O) groups excluding carboxylic acids is 1. The number of methoxy groups -OCH3 is 1. The second-order valence-electron chi connectivity index (χ2n) is 4.42. The van der Waals surface area contributed by atoms with Gasteiger partial charge < -0.3 is 10.1 Å². The second-order valence-corrected chi connectivity index (χ2v) is 4.42. The van der Waals surface area contributed by atoms with Crippen molar-refractivity contribution < 1.29 is 9.53 Å². The highest BCUT2D eigenvalue weighted by atomic mass is 16.5. The Labute approximate surface area is 103 Å². The van der Waals surface area contributed by atoms with Crippen molar-refractivity contribution in [2.75, 3.05) is 7.11 Å². The molecular weight excluding hydrogens is 214 g/mol. The minimum Gasteiger partial charge on any atom is -0.497 e. The van der Waals surface area contributed by atoms with Crippen LogP contribution in [0.25, 0.3) is 0 Å². The molecule has 0 radical (unpaired) electrons. The molecule has 3 heteroatoms. The molecule has 0 saturated carbocycles. The standard InChI is InChI=1S/C14H21NO2/c1-5-13(16)15-14(10(2)3)11-6-8-12(17-4)9-7-11/h6-10,14H,5H2,1-4H3,(H,15,16)/t14-/m0/s1. The lowest BCUT2D eigenvalue weighted by molar-refractivity contribution is -0.121. The monoisotopic (exact) mass is 235 g/mol. The van der Waals surface area contributed by atoms with Crippen molar-refractivity contribution in [1.29, 1.82) is 0 Å². The van der Waals surface area contributed by atoms with E-state index < -0.39 is 0 Å². The molecule has 0 aliphatic heterocycles. The Hall–Kier alpha value is -1.51. The summed E-state index contributed by atoms with van der Waals surface area (Å²) in [5.41, 5.74) is 1.11. The normalized spacial score (nSPS) is 12.3. The average molecular weight is 235 g/mol. The fraction of sp³-hybridized carbons (Fsp3) is 0.500. The van der Waals surface area contributed by atoms with Crippen molar-refractivity contribution in [1.82, 2.24) is 5.32 Å². The fourth-order valence-corrected chi connectivity index (χ4v) is 1.72. The first kappa shape index (κ1) is 13.6. The molecule has 94 valence electrons. The highest BCUT2D eigenvalue weighted by molar-refractivity contribution is 5.76. The van der Waals surface area contributed by atoms with E-state index in [4.69, 9.17) is 4.74 Å². The van der Waals surface area contributed by atoms with Crippen LogP contribution in [-0.4, -0.2) is 13.0 Å². The van der Waals surface area contributed by atoms with Gasteiger partial charge in [-0.25, -0.2) is 0 Å². The van der Waals surface area contributed by atoms with Crippen molar-refractivity contribution in [3.8, 4) is 5.75 Å². The van der Waals surface area contributed by atoms with Gasteiger partial charge in [-0.2, -0.15) is 0 Å². The summed E-state index contributed by atoms with van der Waals surface area (Å²) in [4.78, 5) is 11.5. The Morgan fingerprint density at radius 1 is 1.29 bits per heavy atom. The lowest BCUT2D eigenvalue weighted by Gasteiger charge is -2.22. The van der Waals surface area contributed by atoms with Crippen molar-refractivity contribution in [3.63, 3.8) is 0 Å². The molecule has 0 aliphatic rings. The van der Waals surface area contributed by atoms with Crippen LogP contribution in [0.3, 0.4) is 0 Å². The first-order valence-corrected chi connectivity index (χ1v) is 6.01. The quantitative estimate of drug-likeness (QED) is 0.852. The summed E-state index contributed by atoms with van der Waals surface area (Å²) in [6.45, 7) is 6.07. The number of rotatable bonds is 5. The van der Waals surface area contributed by atoms with Crippen LogP contribution in [0.2, 0.25) is 0 Å². The summed E-state index contributed by atoms with van der Waals surface area (Å²) >= 11 is 0. The molecular formula is C14H21NO2. The van der Waals surface area contributed by atoms with Gasteiger partial charge in [-0.15, -0.1) is 0 Å². The Bertz CT molecular complexity index is 357. The zero-order valence-corrected chi connectivity index (χ0v) is 11.0. The van der Waals surface area contributed by atoms with Crippen LogP contribution in [0, 0.1) is 5.92 Å². The van der Waals surface area contributed by atoms with Crippen molar-refractivity contribution in [2.45, 2.75) is 33.2 Å². The first-order valence-electron chi connectivity index (χ1n) is 6.01. The van der Waals surface area contributed by atoms with E-state index in [1.54, 1.807) is 7.11 Å². The third-order valence-electron chi connectivity index (χ3n) is 2.78. The molecule has 0 aliphatic carbocycles. The summed E-state index contributed by atoms with van der Waals surface area (Å²) < 4.78 is 5.12. The van der Waals surface area contributed by atoms with Gasteiger partial charge in [0.15, 0.2) is 0 Å². The molecule has 1 atom stereocenters. The van der Waals surface area contributed by atoms with Gasteiger partial charge in [-0.3, -0.25) is 4.79 Å². The number of hydrogen-bond donors (Lipinski definition) is 1. The third kappa shape index (κ3) is 3.77. The molecule has 1 N–H and O–H groups in total. The molecule has 0 unspecified atom stereocenters. The van der Waals surface area contributed by atoms with Crippen LogP contribution in [-0.2, 0) is 4.79 Å². The van der Waals surface area contributed by atoms with Crippen LogP contribution in [0.15, 0.2) is 24.3 Å². The van der Waals surface area contributed by atoms with Gasteiger partial charge in [-0.1, -0.05) is 32.9 Å². The number of benzene rings is 1. The molecule has 1 aromatic carbocycles. The predicted octanol–water partition coefficient (Wildman–Crippen LogP) is 2.92. The molecule has 0 fully saturated rings. The van der Waals surface area contributed by atoms with Gasteiger partial charge in [0.25, 0.3) is 0 Å². The highest BCUT2D eigenvalue weighted by Crippen LogP contribution is 2.23. The SMILES string of the molecule is CCC(=O)N[C@H](c1ccc(OC)cc1)C(C)C. The van der Waals surface area contributed by atoms with Gasteiger partial charge in [0.1, 0.15) is 5.75 Å². The van der Waals surface area contributed by atoms with Crippen molar-refractivity contribution in [2.24, 2.45) is 5.92 Å². The van der Waals surface area contributed by atoms with E-state index in [-0.39, 0.29) is 11.9 Å². The van der Waals surface area contributed by atoms with Crippen LogP contribution < -0.4 is 10.1 Å². The van der Waals surface area contributed by atoms with Gasteiger partial charge in [0, 0.05) is 6.42 Å². The van der Waals surface area contributed by atoms with E-state index in [1.807, 2.05) is 31.2 Å². The van der Waals surface area contributed by atoms with E-state index >= 15 is 0 Å². The van der Waals surface area contributed by atoms with Crippen LogP contribution in [0.4, 0.5) is 0 Å². The number of amides is 1. The average Bonchev–Trinajstić information content (AvgIpc) is 2.35. The maximum absolute atomic E-state index is 11.5. The third-order valence-corrected chi connectivity index (χ3v) is 2.78. The van der Waals surface area contributed by atoms with Crippen molar-refractivity contribution in [3.05, 3.63) is 29.8 Å². The zero-order chi connectivity index (χ0) is 12.8. The highest BCUT2D eigenvalue weighted by Gasteiger charge is 2.17. The molecule has 17 heavy (non-hydrogen) atoms. The molecule has 0 saturated heterocycles. The van der Waals surface area contributed by atoms with Gasteiger partial charge in [0.05, 0.1) is 13.2 Å². The van der Waals surface area contributed by atoms with Crippen LogP contribution in [0.5, 0.6) is 5.75 Å². The molecule has 1 amide bonds. The lowest BCUT2D eigenvalue weighted by atomic mass is 9.96. The van der Waals surface area contributed by atoms with Gasteiger partial charge in [-0.05, 0) is 23.6 Å². The Balaban J connectivity index is 2.85. The van der Waals surface area contributed by atoms with E-state index in [0.717, 1.165) is 11.3 Å². The van der Waals surface area contributed by atoms with Crippen LogP contribution in [0.1, 0.15) is 38.8 Å². The smallest absolute Gasteiger partial charge is 0.220 e. The summed E-state index contributed by atoms with van der Waals surface area (Å²) in [5, 5.41) is 3.04. The topological polar surface area (TPSA) is 38.3 Å². The fourth-order valence-electron chi connectivity index (χ4n) is 1.72. The zero-order valence-electron chi connectivity index (χ0n) is 11.0. The molecule has 0 bridgehead atoms. The maximum atomic E-state index is 11.5. The molecule has 0 spiro atoms. The summed E-state index contributed by atoms with van der Waals surface area (Å²) in [5.74, 6) is 1.27. The second kappa shape index (κ2) is 6.28. The Morgan fingerprint density at radius 3 is 2.29 bits per heavy atom. The van der Waals surface area contributed by atoms with Crippen LogP contribution >= 0.6 is 0 Å². The van der Waals surface area contributed by atoms with Gasteiger partial charge in [0.2, 0.25) is 5.91 Å². The minimum atomic E-state index is 0.0633. The molecule has 1 rings (SSSR count).